The van der Waals surface area contributed by atoms with Crippen LogP contribution in [0.1, 0.15) is 36.0 Å². The van der Waals surface area contributed by atoms with Crippen LogP contribution in [0.4, 0.5) is 0 Å². The second-order valence-electron chi connectivity index (χ2n) is 5.97. The molecular formula is C15H16N4O2S. The standard InChI is InChI=1S/C15H16N4O2S/c1-8-2-3-10-9(6-8)13-14-17-11(4-5-12(20)21)18-19(14)7-16-15(13)22-10/h7-8H,2-6H2,1H3,(H,20,21). The Morgan fingerprint density at radius 1 is 1.55 bits per heavy atom. The summed E-state index contributed by atoms with van der Waals surface area (Å²) in [6.07, 6.45) is 5.48. The van der Waals surface area contributed by atoms with E-state index in [0.29, 0.717) is 18.2 Å². The van der Waals surface area contributed by atoms with E-state index in [1.165, 1.54) is 16.9 Å². The highest BCUT2D eigenvalue weighted by molar-refractivity contribution is 7.19. The van der Waals surface area contributed by atoms with Gasteiger partial charge in [-0.3, -0.25) is 4.79 Å². The van der Waals surface area contributed by atoms with Crippen molar-refractivity contribution in [2.75, 3.05) is 0 Å². The number of aromatic nitrogens is 4. The van der Waals surface area contributed by atoms with Gasteiger partial charge in [0.1, 0.15) is 11.2 Å². The van der Waals surface area contributed by atoms with Crippen molar-refractivity contribution in [3.05, 3.63) is 22.6 Å². The minimum Gasteiger partial charge on any atom is -0.481 e. The lowest BCUT2D eigenvalue weighted by Gasteiger charge is -2.17. The first-order chi connectivity index (χ1) is 10.6. The van der Waals surface area contributed by atoms with Crippen LogP contribution in [0.3, 0.4) is 0 Å². The van der Waals surface area contributed by atoms with Crippen LogP contribution in [-0.4, -0.2) is 30.7 Å². The van der Waals surface area contributed by atoms with Crippen LogP contribution < -0.4 is 0 Å². The summed E-state index contributed by atoms with van der Waals surface area (Å²) in [5.74, 6) is 0.421. The van der Waals surface area contributed by atoms with E-state index in [0.717, 1.165) is 28.7 Å². The minimum absolute atomic E-state index is 0.0478. The second kappa shape index (κ2) is 5.01. The zero-order valence-electron chi connectivity index (χ0n) is 12.2. The second-order valence-corrected chi connectivity index (χ2v) is 7.05. The lowest BCUT2D eigenvalue weighted by Crippen LogP contribution is -2.09. The quantitative estimate of drug-likeness (QED) is 0.803. The Balaban J connectivity index is 1.86. The summed E-state index contributed by atoms with van der Waals surface area (Å²) in [5, 5.41) is 14.3. The third kappa shape index (κ3) is 2.16. The average molecular weight is 316 g/mol. The average Bonchev–Trinajstić information content (AvgIpc) is 3.04. The van der Waals surface area contributed by atoms with Gasteiger partial charge in [-0.2, -0.15) is 0 Å². The Hall–Kier alpha value is -2.02. The molecule has 0 amide bonds. The van der Waals surface area contributed by atoms with Crippen LogP contribution in [0, 0.1) is 5.92 Å². The fourth-order valence-electron chi connectivity index (χ4n) is 3.12. The molecule has 1 N–H and O–H groups in total. The van der Waals surface area contributed by atoms with E-state index < -0.39 is 5.97 Å². The summed E-state index contributed by atoms with van der Waals surface area (Å²) in [6.45, 7) is 2.28. The van der Waals surface area contributed by atoms with E-state index >= 15 is 0 Å². The van der Waals surface area contributed by atoms with Crippen LogP contribution >= 0.6 is 11.3 Å². The van der Waals surface area contributed by atoms with Gasteiger partial charge in [-0.05, 0) is 30.7 Å². The van der Waals surface area contributed by atoms with Gasteiger partial charge in [0, 0.05) is 11.3 Å². The molecule has 3 aromatic rings. The molecule has 4 rings (SSSR count). The number of aliphatic carboxylic acids is 1. The van der Waals surface area contributed by atoms with Crippen molar-refractivity contribution in [3.8, 4) is 0 Å². The van der Waals surface area contributed by atoms with E-state index in [9.17, 15) is 4.79 Å². The summed E-state index contributed by atoms with van der Waals surface area (Å²) in [6, 6.07) is 0. The smallest absolute Gasteiger partial charge is 0.303 e. The van der Waals surface area contributed by atoms with Crippen molar-refractivity contribution in [2.45, 2.75) is 39.0 Å². The molecule has 3 aromatic heterocycles. The number of carboxylic acid groups (broad SMARTS) is 1. The van der Waals surface area contributed by atoms with Crippen molar-refractivity contribution < 1.29 is 9.90 Å². The first-order valence-electron chi connectivity index (χ1n) is 7.48. The molecule has 0 aliphatic heterocycles. The van der Waals surface area contributed by atoms with Crippen LogP contribution in [0.2, 0.25) is 0 Å². The predicted molar refractivity (Wildman–Crippen MR) is 83.3 cm³/mol. The van der Waals surface area contributed by atoms with Gasteiger partial charge in [0.05, 0.1) is 11.8 Å². The number of nitrogens with zero attached hydrogens (tertiary/aromatic N) is 4. The molecule has 7 heteroatoms. The number of fused-ring (bicyclic) bond motifs is 5. The zero-order valence-corrected chi connectivity index (χ0v) is 13.1. The number of carbonyl (C=O) groups is 1. The van der Waals surface area contributed by atoms with Crippen LogP contribution in [0.5, 0.6) is 0 Å². The van der Waals surface area contributed by atoms with Crippen molar-refractivity contribution in [2.24, 2.45) is 5.92 Å². The van der Waals surface area contributed by atoms with Gasteiger partial charge in [0.2, 0.25) is 0 Å². The summed E-state index contributed by atoms with van der Waals surface area (Å²) in [4.78, 5) is 22.2. The Bertz CT molecular complexity index is 883. The minimum atomic E-state index is -0.830. The Morgan fingerprint density at radius 3 is 3.23 bits per heavy atom. The molecule has 1 unspecified atom stereocenters. The summed E-state index contributed by atoms with van der Waals surface area (Å²) in [7, 11) is 0. The molecule has 0 saturated carbocycles. The summed E-state index contributed by atoms with van der Waals surface area (Å²) < 4.78 is 1.69. The number of thiophene rings is 1. The van der Waals surface area contributed by atoms with Gasteiger partial charge in [0.25, 0.3) is 0 Å². The molecule has 0 bridgehead atoms. The van der Waals surface area contributed by atoms with E-state index in [-0.39, 0.29) is 6.42 Å². The maximum atomic E-state index is 10.7. The molecule has 22 heavy (non-hydrogen) atoms. The lowest BCUT2D eigenvalue weighted by molar-refractivity contribution is -0.137. The largest absolute Gasteiger partial charge is 0.481 e. The summed E-state index contributed by atoms with van der Waals surface area (Å²) >= 11 is 1.76. The fraction of sp³-hybridized carbons (Fsp3) is 0.467. The third-order valence-electron chi connectivity index (χ3n) is 4.23. The van der Waals surface area contributed by atoms with Crippen molar-refractivity contribution in [1.82, 2.24) is 19.6 Å². The molecule has 6 nitrogen and oxygen atoms in total. The summed E-state index contributed by atoms with van der Waals surface area (Å²) in [5.41, 5.74) is 2.19. The van der Waals surface area contributed by atoms with E-state index in [2.05, 4.69) is 22.0 Å². The lowest BCUT2D eigenvalue weighted by atomic mass is 9.89. The molecule has 1 atom stereocenters. The number of hydrogen-bond donors (Lipinski definition) is 1. The van der Waals surface area contributed by atoms with Gasteiger partial charge < -0.3 is 5.11 Å². The maximum Gasteiger partial charge on any atom is 0.303 e. The van der Waals surface area contributed by atoms with Gasteiger partial charge in [0.15, 0.2) is 11.5 Å². The van der Waals surface area contributed by atoms with Crippen LogP contribution in [0.15, 0.2) is 6.33 Å². The maximum absolute atomic E-state index is 10.7. The molecule has 114 valence electrons. The molecule has 1 aliphatic carbocycles. The number of rotatable bonds is 3. The number of hydrogen-bond acceptors (Lipinski definition) is 5. The molecule has 0 fully saturated rings. The van der Waals surface area contributed by atoms with Gasteiger partial charge in [-0.1, -0.05) is 6.92 Å². The molecular weight excluding hydrogens is 300 g/mol. The first kappa shape index (κ1) is 13.6. The molecule has 1 aliphatic rings. The third-order valence-corrected chi connectivity index (χ3v) is 5.43. The van der Waals surface area contributed by atoms with Crippen molar-refractivity contribution >= 4 is 33.2 Å². The predicted octanol–water partition coefficient (Wildman–Crippen LogP) is 2.48. The van der Waals surface area contributed by atoms with Gasteiger partial charge >= 0.3 is 5.97 Å². The SMILES string of the molecule is CC1CCc2sc3ncn4nc(CCC(=O)O)nc4c3c2C1. The Morgan fingerprint density at radius 2 is 2.41 bits per heavy atom. The van der Waals surface area contributed by atoms with Crippen molar-refractivity contribution in [1.29, 1.82) is 0 Å². The van der Waals surface area contributed by atoms with Gasteiger partial charge in [-0.15, -0.1) is 16.4 Å². The monoisotopic (exact) mass is 316 g/mol. The topological polar surface area (TPSA) is 80.4 Å². The number of carboxylic acids is 1. The van der Waals surface area contributed by atoms with Gasteiger partial charge in [-0.25, -0.2) is 14.5 Å². The fourth-order valence-corrected chi connectivity index (χ4v) is 4.29. The van der Waals surface area contributed by atoms with E-state index in [1.54, 1.807) is 22.2 Å². The normalized spacial score (nSPS) is 18.0. The Labute approximate surface area is 130 Å². The van der Waals surface area contributed by atoms with Crippen LogP contribution in [0.25, 0.3) is 15.9 Å². The molecule has 3 heterocycles. The highest BCUT2D eigenvalue weighted by Gasteiger charge is 2.23. The highest BCUT2D eigenvalue weighted by atomic mass is 32.1. The molecule has 0 aromatic carbocycles. The van der Waals surface area contributed by atoms with E-state index in [4.69, 9.17) is 5.11 Å². The molecule has 0 saturated heterocycles. The van der Waals surface area contributed by atoms with Crippen molar-refractivity contribution in [3.63, 3.8) is 0 Å². The van der Waals surface area contributed by atoms with E-state index in [1.807, 2.05) is 0 Å². The molecule has 0 spiro atoms. The highest BCUT2D eigenvalue weighted by Crippen LogP contribution is 2.38. The van der Waals surface area contributed by atoms with Crippen LogP contribution in [-0.2, 0) is 24.1 Å². The Kier molecular flexibility index (Phi) is 3.11. The zero-order chi connectivity index (χ0) is 15.3. The molecule has 0 radical (unpaired) electrons. The number of aryl methyl sites for hydroxylation is 2. The first-order valence-corrected chi connectivity index (χ1v) is 8.29.